The summed E-state index contributed by atoms with van der Waals surface area (Å²) < 4.78 is 0. The first-order valence-electron chi connectivity index (χ1n) is 7.60. The van der Waals surface area contributed by atoms with Crippen LogP contribution in [0.25, 0.3) is 0 Å². The zero-order valence-corrected chi connectivity index (χ0v) is 12.2. The third-order valence-corrected chi connectivity index (χ3v) is 4.40. The minimum atomic E-state index is 0.376. The minimum absolute atomic E-state index is 0.376. The van der Waals surface area contributed by atoms with Gasteiger partial charge in [0.05, 0.1) is 0 Å². The second-order valence-electron chi connectivity index (χ2n) is 6.14. The number of rotatable bonds is 8. The Kier molecular flexibility index (Phi) is 6.50. The van der Waals surface area contributed by atoms with Crippen LogP contribution in [0.2, 0.25) is 0 Å². The molecule has 0 aromatic rings. The second-order valence-corrected chi connectivity index (χ2v) is 6.14. The molecule has 1 rings (SSSR count). The fourth-order valence-electron chi connectivity index (χ4n) is 3.00. The number of unbranched alkanes of at least 4 members (excludes halogenated alkanes) is 2. The first-order valence-corrected chi connectivity index (χ1v) is 7.60. The third kappa shape index (κ3) is 4.59. The van der Waals surface area contributed by atoms with E-state index >= 15 is 0 Å². The molecule has 0 heterocycles. The van der Waals surface area contributed by atoms with E-state index in [0.29, 0.717) is 11.5 Å². The quantitative estimate of drug-likeness (QED) is 0.704. The molecule has 0 saturated heterocycles. The van der Waals surface area contributed by atoms with Crippen LogP contribution in [0.3, 0.4) is 0 Å². The molecule has 0 amide bonds. The maximum atomic E-state index is 6.29. The molecule has 2 N–H and O–H groups in total. The summed E-state index contributed by atoms with van der Waals surface area (Å²) in [6, 6.07) is 0.424. The van der Waals surface area contributed by atoms with Gasteiger partial charge in [-0.05, 0) is 44.2 Å². The number of hydrogen-bond donors (Lipinski definition) is 1. The van der Waals surface area contributed by atoms with Crippen molar-refractivity contribution in [1.82, 2.24) is 4.90 Å². The van der Waals surface area contributed by atoms with Crippen LogP contribution in [-0.2, 0) is 0 Å². The van der Waals surface area contributed by atoms with Crippen LogP contribution >= 0.6 is 0 Å². The van der Waals surface area contributed by atoms with Crippen molar-refractivity contribution < 1.29 is 0 Å². The van der Waals surface area contributed by atoms with Crippen molar-refractivity contribution in [3.63, 3.8) is 0 Å². The van der Waals surface area contributed by atoms with Crippen LogP contribution in [0, 0.1) is 5.41 Å². The molecular formula is C15H32N2. The van der Waals surface area contributed by atoms with Crippen LogP contribution in [0.15, 0.2) is 0 Å². The van der Waals surface area contributed by atoms with Gasteiger partial charge in [0.25, 0.3) is 0 Å². The van der Waals surface area contributed by atoms with Gasteiger partial charge in [-0.3, -0.25) is 0 Å². The summed E-state index contributed by atoms with van der Waals surface area (Å²) in [7, 11) is 0. The monoisotopic (exact) mass is 240 g/mol. The molecule has 2 nitrogen and oxygen atoms in total. The molecule has 1 saturated carbocycles. The molecule has 102 valence electrons. The summed E-state index contributed by atoms with van der Waals surface area (Å²) in [5.74, 6) is 0. The van der Waals surface area contributed by atoms with Crippen molar-refractivity contribution in [3.05, 3.63) is 0 Å². The van der Waals surface area contributed by atoms with E-state index in [9.17, 15) is 0 Å². The fraction of sp³-hybridized carbons (Fsp3) is 1.00. The predicted molar refractivity (Wildman–Crippen MR) is 76.2 cm³/mol. The molecule has 2 heteroatoms. The normalized spacial score (nSPS) is 29.1. The van der Waals surface area contributed by atoms with Gasteiger partial charge in [0.1, 0.15) is 0 Å². The Bertz CT molecular complexity index is 197. The van der Waals surface area contributed by atoms with Gasteiger partial charge in [0.15, 0.2) is 0 Å². The van der Waals surface area contributed by atoms with Crippen LogP contribution in [0.4, 0.5) is 0 Å². The molecule has 1 aliphatic rings. The van der Waals surface area contributed by atoms with Crippen LogP contribution in [0.1, 0.15) is 65.7 Å². The average molecular weight is 240 g/mol. The maximum Gasteiger partial charge on any atom is 0.0105 e. The predicted octanol–water partition coefficient (Wildman–Crippen LogP) is 3.41. The Morgan fingerprint density at radius 3 is 2.18 bits per heavy atom. The van der Waals surface area contributed by atoms with Gasteiger partial charge >= 0.3 is 0 Å². The standard InChI is InChI=1S/C15H32N2/c1-4-6-11-17(12-7-5-2)13-15(3)10-8-9-14(15)16/h14H,4-13,16H2,1-3H3. The molecule has 1 aliphatic carbocycles. The first-order chi connectivity index (χ1) is 8.12. The molecule has 1 fully saturated rings. The van der Waals surface area contributed by atoms with Crippen molar-refractivity contribution in [1.29, 1.82) is 0 Å². The third-order valence-electron chi connectivity index (χ3n) is 4.40. The molecule has 0 spiro atoms. The van der Waals surface area contributed by atoms with Crippen molar-refractivity contribution in [2.24, 2.45) is 11.1 Å². The van der Waals surface area contributed by atoms with Gasteiger partial charge < -0.3 is 10.6 Å². The van der Waals surface area contributed by atoms with Gasteiger partial charge in [-0.2, -0.15) is 0 Å². The van der Waals surface area contributed by atoms with Gasteiger partial charge in [-0.1, -0.05) is 40.0 Å². The lowest BCUT2D eigenvalue weighted by Crippen LogP contribution is -2.44. The largest absolute Gasteiger partial charge is 0.327 e. The molecular weight excluding hydrogens is 208 g/mol. The van der Waals surface area contributed by atoms with E-state index in [1.165, 1.54) is 64.6 Å². The van der Waals surface area contributed by atoms with E-state index < -0.39 is 0 Å². The van der Waals surface area contributed by atoms with Gasteiger partial charge in [0.2, 0.25) is 0 Å². The first kappa shape index (κ1) is 15.0. The molecule has 0 aromatic carbocycles. The Labute approximate surface area is 108 Å². The highest BCUT2D eigenvalue weighted by Crippen LogP contribution is 2.37. The van der Waals surface area contributed by atoms with Crippen molar-refractivity contribution in [2.75, 3.05) is 19.6 Å². The van der Waals surface area contributed by atoms with E-state index in [4.69, 9.17) is 5.73 Å². The molecule has 0 radical (unpaired) electrons. The highest BCUT2D eigenvalue weighted by molar-refractivity contribution is 4.93. The smallest absolute Gasteiger partial charge is 0.0105 e. The summed E-state index contributed by atoms with van der Waals surface area (Å²) in [6.45, 7) is 10.7. The van der Waals surface area contributed by atoms with Crippen molar-refractivity contribution in [3.8, 4) is 0 Å². The fourth-order valence-corrected chi connectivity index (χ4v) is 3.00. The summed E-state index contributed by atoms with van der Waals surface area (Å²) in [6.07, 6.45) is 9.13. The zero-order valence-electron chi connectivity index (χ0n) is 12.2. The lowest BCUT2D eigenvalue weighted by Gasteiger charge is -2.35. The number of hydrogen-bond acceptors (Lipinski definition) is 2. The lowest BCUT2D eigenvalue weighted by molar-refractivity contribution is 0.149. The highest BCUT2D eigenvalue weighted by Gasteiger charge is 2.37. The average Bonchev–Trinajstić information content (AvgIpc) is 2.63. The number of nitrogens with two attached hydrogens (primary N) is 1. The van der Waals surface area contributed by atoms with Crippen LogP contribution in [-0.4, -0.2) is 30.6 Å². The Hall–Kier alpha value is -0.0800. The summed E-state index contributed by atoms with van der Waals surface area (Å²) in [4.78, 5) is 2.66. The van der Waals surface area contributed by atoms with Crippen LogP contribution < -0.4 is 5.73 Å². The minimum Gasteiger partial charge on any atom is -0.327 e. The van der Waals surface area contributed by atoms with Gasteiger partial charge in [-0.25, -0.2) is 0 Å². The van der Waals surface area contributed by atoms with Crippen molar-refractivity contribution >= 4 is 0 Å². The Morgan fingerprint density at radius 2 is 1.76 bits per heavy atom. The summed E-state index contributed by atoms with van der Waals surface area (Å²) in [5.41, 5.74) is 6.67. The molecule has 17 heavy (non-hydrogen) atoms. The molecule has 2 atom stereocenters. The molecule has 0 aliphatic heterocycles. The Balaban J connectivity index is 2.45. The maximum absolute atomic E-state index is 6.29. The molecule has 2 unspecified atom stereocenters. The van der Waals surface area contributed by atoms with E-state index in [1.807, 2.05) is 0 Å². The Morgan fingerprint density at radius 1 is 1.18 bits per heavy atom. The van der Waals surface area contributed by atoms with E-state index in [2.05, 4.69) is 25.7 Å². The second kappa shape index (κ2) is 7.38. The number of nitrogens with zero attached hydrogens (tertiary/aromatic N) is 1. The SMILES string of the molecule is CCCCN(CCCC)CC1(C)CCCC1N. The summed E-state index contributed by atoms with van der Waals surface area (Å²) >= 11 is 0. The topological polar surface area (TPSA) is 29.3 Å². The van der Waals surface area contributed by atoms with Gasteiger partial charge in [0, 0.05) is 12.6 Å². The lowest BCUT2D eigenvalue weighted by atomic mass is 9.84. The summed E-state index contributed by atoms with van der Waals surface area (Å²) in [5, 5.41) is 0. The molecule has 0 aromatic heterocycles. The van der Waals surface area contributed by atoms with E-state index in [-0.39, 0.29) is 0 Å². The van der Waals surface area contributed by atoms with Gasteiger partial charge in [-0.15, -0.1) is 0 Å². The zero-order chi connectivity index (χ0) is 12.7. The van der Waals surface area contributed by atoms with E-state index in [1.54, 1.807) is 0 Å². The van der Waals surface area contributed by atoms with E-state index in [0.717, 1.165) is 0 Å². The highest BCUT2D eigenvalue weighted by atomic mass is 15.1. The molecule has 0 bridgehead atoms. The van der Waals surface area contributed by atoms with Crippen molar-refractivity contribution in [2.45, 2.75) is 71.8 Å². The van der Waals surface area contributed by atoms with Crippen LogP contribution in [0.5, 0.6) is 0 Å².